The van der Waals surface area contributed by atoms with Gasteiger partial charge in [-0.1, -0.05) is 30.3 Å². The molecule has 1 amide bonds. The first-order chi connectivity index (χ1) is 8.66. The Morgan fingerprint density at radius 3 is 2.72 bits per heavy atom. The highest BCUT2D eigenvalue weighted by Gasteiger charge is 2.29. The fourth-order valence-electron chi connectivity index (χ4n) is 2.24. The van der Waals surface area contributed by atoms with Gasteiger partial charge in [-0.25, -0.2) is 0 Å². The van der Waals surface area contributed by atoms with Gasteiger partial charge in [-0.2, -0.15) is 0 Å². The van der Waals surface area contributed by atoms with Gasteiger partial charge in [-0.05, 0) is 18.4 Å². The Labute approximate surface area is 106 Å². The molecular weight excluding hydrogens is 230 g/mol. The molecular formula is C14H17NO3. The van der Waals surface area contributed by atoms with Gasteiger partial charge in [0.15, 0.2) is 0 Å². The molecule has 96 valence electrons. The fourth-order valence-corrected chi connectivity index (χ4v) is 2.24. The van der Waals surface area contributed by atoms with Gasteiger partial charge in [0.1, 0.15) is 0 Å². The third-order valence-electron chi connectivity index (χ3n) is 3.36. The van der Waals surface area contributed by atoms with E-state index < -0.39 is 11.9 Å². The van der Waals surface area contributed by atoms with Gasteiger partial charge in [0.25, 0.3) is 0 Å². The molecule has 0 saturated carbocycles. The van der Waals surface area contributed by atoms with E-state index in [0.29, 0.717) is 25.9 Å². The Morgan fingerprint density at radius 1 is 1.33 bits per heavy atom. The Morgan fingerprint density at radius 2 is 2.06 bits per heavy atom. The maximum Gasteiger partial charge on any atom is 0.308 e. The number of piperidine rings is 1. The zero-order chi connectivity index (χ0) is 13.0. The van der Waals surface area contributed by atoms with Crippen LogP contribution in [0.25, 0.3) is 0 Å². The van der Waals surface area contributed by atoms with Gasteiger partial charge in [-0.15, -0.1) is 0 Å². The average Bonchev–Trinajstić information content (AvgIpc) is 2.38. The molecule has 1 aliphatic rings. The van der Waals surface area contributed by atoms with E-state index >= 15 is 0 Å². The molecule has 0 aromatic heterocycles. The van der Waals surface area contributed by atoms with Crippen molar-refractivity contribution in [2.24, 2.45) is 5.92 Å². The smallest absolute Gasteiger partial charge is 0.308 e. The molecule has 0 aliphatic carbocycles. The minimum Gasteiger partial charge on any atom is -0.481 e. The molecule has 4 heteroatoms. The van der Waals surface area contributed by atoms with Crippen LogP contribution in [0.5, 0.6) is 0 Å². The lowest BCUT2D eigenvalue weighted by molar-refractivity contribution is -0.147. The monoisotopic (exact) mass is 247 g/mol. The molecule has 0 bridgehead atoms. The second kappa shape index (κ2) is 5.67. The fraction of sp³-hybridized carbons (Fsp3) is 0.429. The van der Waals surface area contributed by atoms with Crippen LogP contribution in [-0.4, -0.2) is 35.0 Å². The van der Waals surface area contributed by atoms with Gasteiger partial charge in [0.05, 0.1) is 5.92 Å². The number of carbonyl (C=O) groups is 2. The number of hydrogen-bond acceptors (Lipinski definition) is 2. The number of rotatable bonds is 4. The molecule has 1 fully saturated rings. The summed E-state index contributed by atoms with van der Waals surface area (Å²) in [5.74, 6) is -1.13. The Bertz CT molecular complexity index is 430. The van der Waals surface area contributed by atoms with E-state index in [2.05, 4.69) is 0 Å². The van der Waals surface area contributed by atoms with Crippen molar-refractivity contribution in [1.29, 1.82) is 0 Å². The molecule has 0 radical (unpaired) electrons. The lowest BCUT2D eigenvalue weighted by Gasteiger charge is -2.30. The standard InChI is InChI=1S/C14H17NO3/c16-13-7-6-12(14(17)18)10-15(13)9-8-11-4-2-1-3-5-11/h1-5,12H,6-10H2,(H,17,18). The number of amides is 1. The number of carbonyl (C=O) groups excluding carboxylic acids is 1. The molecule has 0 spiro atoms. The number of hydrogen-bond donors (Lipinski definition) is 1. The minimum atomic E-state index is -0.799. The van der Waals surface area contributed by atoms with Crippen LogP contribution < -0.4 is 0 Å². The Hall–Kier alpha value is -1.84. The van der Waals surface area contributed by atoms with Crippen LogP contribution in [0, 0.1) is 5.92 Å². The summed E-state index contributed by atoms with van der Waals surface area (Å²) in [5, 5.41) is 8.99. The molecule has 18 heavy (non-hydrogen) atoms. The van der Waals surface area contributed by atoms with E-state index in [1.54, 1.807) is 4.90 Å². The van der Waals surface area contributed by atoms with E-state index in [1.807, 2.05) is 30.3 Å². The molecule has 1 unspecified atom stereocenters. The normalized spacial score (nSPS) is 19.9. The SMILES string of the molecule is O=C(O)C1CCC(=O)N(CCc2ccccc2)C1. The summed E-state index contributed by atoms with van der Waals surface area (Å²) in [6.45, 7) is 0.952. The predicted molar refractivity (Wildman–Crippen MR) is 67.1 cm³/mol. The van der Waals surface area contributed by atoms with Crippen LogP contribution >= 0.6 is 0 Å². The molecule has 1 aliphatic heterocycles. The van der Waals surface area contributed by atoms with Crippen molar-refractivity contribution in [3.05, 3.63) is 35.9 Å². The van der Waals surface area contributed by atoms with Crippen molar-refractivity contribution in [2.45, 2.75) is 19.3 Å². The number of likely N-dealkylation sites (tertiary alicyclic amines) is 1. The quantitative estimate of drug-likeness (QED) is 0.878. The van der Waals surface area contributed by atoms with Gasteiger partial charge in [-0.3, -0.25) is 9.59 Å². The van der Waals surface area contributed by atoms with Gasteiger partial charge in [0.2, 0.25) is 5.91 Å². The molecule has 1 aromatic carbocycles. The van der Waals surface area contributed by atoms with E-state index in [4.69, 9.17) is 5.11 Å². The van der Waals surface area contributed by atoms with Crippen molar-refractivity contribution in [2.75, 3.05) is 13.1 Å². The van der Waals surface area contributed by atoms with E-state index in [0.717, 1.165) is 6.42 Å². The first-order valence-electron chi connectivity index (χ1n) is 6.21. The Balaban J connectivity index is 1.91. The van der Waals surface area contributed by atoms with Gasteiger partial charge >= 0.3 is 5.97 Å². The third-order valence-corrected chi connectivity index (χ3v) is 3.36. The summed E-state index contributed by atoms with van der Waals surface area (Å²) in [7, 11) is 0. The molecule has 1 N–H and O–H groups in total. The highest BCUT2D eigenvalue weighted by Crippen LogP contribution is 2.18. The Kier molecular flexibility index (Phi) is 3.97. The zero-order valence-corrected chi connectivity index (χ0v) is 10.2. The largest absolute Gasteiger partial charge is 0.481 e. The number of carboxylic acid groups (broad SMARTS) is 1. The predicted octanol–water partition coefficient (Wildman–Crippen LogP) is 1.55. The highest BCUT2D eigenvalue weighted by molar-refractivity contribution is 5.80. The van der Waals surface area contributed by atoms with Crippen molar-refractivity contribution >= 4 is 11.9 Å². The average molecular weight is 247 g/mol. The second-order valence-corrected chi connectivity index (χ2v) is 4.65. The summed E-state index contributed by atoms with van der Waals surface area (Å²) in [6.07, 6.45) is 1.60. The number of carboxylic acids is 1. The van der Waals surface area contributed by atoms with Crippen molar-refractivity contribution in [1.82, 2.24) is 4.90 Å². The number of nitrogens with zero attached hydrogens (tertiary/aromatic N) is 1. The second-order valence-electron chi connectivity index (χ2n) is 4.65. The molecule has 1 saturated heterocycles. The molecule has 1 atom stereocenters. The number of aliphatic carboxylic acids is 1. The van der Waals surface area contributed by atoms with Crippen LogP contribution in [-0.2, 0) is 16.0 Å². The van der Waals surface area contributed by atoms with Crippen molar-refractivity contribution in [3.8, 4) is 0 Å². The highest BCUT2D eigenvalue weighted by atomic mass is 16.4. The zero-order valence-electron chi connectivity index (χ0n) is 10.2. The van der Waals surface area contributed by atoms with Crippen LogP contribution in [0.1, 0.15) is 18.4 Å². The maximum absolute atomic E-state index is 11.7. The molecule has 2 rings (SSSR count). The third kappa shape index (κ3) is 3.09. The molecule has 1 heterocycles. The first-order valence-corrected chi connectivity index (χ1v) is 6.21. The minimum absolute atomic E-state index is 0.0726. The van der Waals surface area contributed by atoms with Crippen molar-refractivity contribution in [3.63, 3.8) is 0 Å². The van der Waals surface area contributed by atoms with Crippen molar-refractivity contribution < 1.29 is 14.7 Å². The number of benzene rings is 1. The lowest BCUT2D eigenvalue weighted by Crippen LogP contribution is -2.43. The van der Waals surface area contributed by atoms with Crippen LogP contribution in [0.15, 0.2) is 30.3 Å². The summed E-state index contributed by atoms with van der Waals surface area (Å²) in [4.78, 5) is 24.3. The molecule has 4 nitrogen and oxygen atoms in total. The molecule has 1 aromatic rings. The van der Waals surface area contributed by atoms with E-state index in [1.165, 1.54) is 5.56 Å². The van der Waals surface area contributed by atoms with E-state index in [9.17, 15) is 9.59 Å². The van der Waals surface area contributed by atoms with Crippen LogP contribution in [0.4, 0.5) is 0 Å². The maximum atomic E-state index is 11.7. The van der Waals surface area contributed by atoms with Crippen LogP contribution in [0.2, 0.25) is 0 Å². The summed E-state index contributed by atoms with van der Waals surface area (Å²) < 4.78 is 0. The van der Waals surface area contributed by atoms with E-state index in [-0.39, 0.29) is 5.91 Å². The summed E-state index contributed by atoms with van der Waals surface area (Å²) in [6, 6.07) is 9.92. The van der Waals surface area contributed by atoms with Gasteiger partial charge in [0, 0.05) is 19.5 Å². The lowest BCUT2D eigenvalue weighted by atomic mass is 9.97. The summed E-state index contributed by atoms with van der Waals surface area (Å²) in [5.41, 5.74) is 1.17. The van der Waals surface area contributed by atoms with Crippen LogP contribution in [0.3, 0.4) is 0 Å². The topological polar surface area (TPSA) is 57.6 Å². The first kappa shape index (κ1) is 12.6. The van der Waals surface area contributed by atoms with Gasteiger partial charge < -0.3 is 10.0 Å². The summed E-state index contributed by atoms with van der Waals surface area (Å²) >= 11 is 0.